The van der Waals surface area contributed by atoms with Crippen molar-refractivity contribution in [2.45, 2.75) is 20.8 Å². The molecule has 0 saturated carbocycles. The first-order valence-electron chi connectivity index (χ1n) is 10.1. The zero-order valence-corrected chi connectivity index (χ0v) is 18.8. The van der Waals surface area contributed by atoms with Crippen molar-refractivity contribution in [1.82, 2.24) is 0 Å². The zero-order valence-electron chi connectivity index (χ0n) is 18.0. The molecule has 0 atom stereocenters. The van der Waals surface area contributed by atoms with E-state index in [4.69, 9.17) is 13.9 Å². The zero-order chi connectivity index (χ0) is 23.1. The molecule has 0 aliphatic heterocycles. The third-order valence-corrected chi connectivity index (χ3v) is 5.60. The number of amides is 1. The van der Waals surface area contributed by atoms with E-state index in [9.17, 15) is 14.4 Å². The molecule has 0 aliphatic carbocycles. The van der Waals surface area contributed by atoms with Crippen LogP contribution in [0.2, 0.25) is 0 Å². The van der Waals surface area contributed by atoms with E-state index in [0.29, 0.717) is 17.1 Å². The highest BCUT2D eigenvalue weighted by Crippen LogP contribution is 2.34. The molecule has 0 unspecified atom stereocenters. The largest absolute Gasteiger partial charge is 0.462 e. The van der Waals surface area contributed by atoms with Crippen LogP contribution in [0.1, 0.15) is 45.2 Å². The summed E-state index contributed by atoms with van der Waals surface area (Å²) in [6.45, 7) is 5.36. The first-order valence-corrected chi connectivity index (χ1v) is 10.9. The fourth-order valence-electron chi connectivity index (χ4n) is 2.95. The molecule has 7 nitrogen and oxygen atoms in total. The predicted molar refractivity (Wildman–Crippen MR) is 123 cm³/mol. The molecule has 2 heterocycles. The Morgan fingerprint density at radius 2 is 1.69 bits per heavy atom. The van der Waals surface area contributed by atoms with E-state index in [-0.39, 0.29) is 28.7 Å². The number of nitrogens with one attached hydrogen (secondary N) is 1. The van der Waals surface area contributed by atoms with Crippen molar-refractivity contribution in [2.24, 2.45) is 0 Å². The quantitative estimate of drug-likeness (QED) is 0.366. The number of hydrogen-bond acceptors (Lipinski definition) is 7. The highest BCUT2D eigenvalue weighted by atomic mass is 32.1. The number of carbonyl (C=O) groups excluding carboxylic acids is 3. The van der Waals surface area contributed by atoms with Crippen molar-refractivity contribution >= 4 is 40.3 Å². The first kappa shape index (κ1) is 23.0. The Balaban J connectivity index is 1.79. The van der Waals surface area contributed by atoms with E-state index < -0.39 is 17.8 Å². The van der Waals surface area contributed by atoms with E-state index in [1.807, 2.05) is 36.4 Å². The average molecular weight is 454 g/mol. The van der Waals surface area contributed by atoms with Crippen molar-refractivity contribution in [2.75, 3.05) is 18.5 Å². The molecule has 0 spiro atoms. The van der Waals surface area contributed by atoms with Gasteiger partial charge in [0.15, 0.2) is 0 Å². The number of thiophene rings is 1. The van der Waals surface area contributed by atoms with Crippen LogP contribution >= 0.6 is 11.3 Å². The van der Waals surface area contributed by atoms with Crippen LogP contribution < -0.4 is 5.32 Å². The first-order chi connectivity index (χ1) is 15.4. The monoisotopic (exact) mass is 453 g/mol. The number of ether oxygens (including phenoxy) is 2. The number of esters is 2. The van der Waals surface area contributed by atoms with Crippen LogP contribution in [0.15, 0.2) is 53.0 Å². The SMILES string of the molecule is CCOC(=O)c1sc(NC(=O)/C=C/c2ccc(-c3ccccc3)o2)c(C(=O)OCC)c1C. The number of benzene rings is 1. The highest BCUT2D eigenvalue weighted by molar-refractivity contribution is 7.18. The normalized spacial score (nSPS) is 10.8. The van der Waals surface area contributed by atoms with Crippen LogP contribution in [0, 0.1) is 6.92 Å². The lowest BCUT2D eigenvalue weighted by Gasteiger charge is -2.05. The summed E-state index contributed by atoms with van der Waals surface area (Å²) in [5.74, 6) is -0.470. The van der Waals surface area contributed by atoms with Crippen molar-refractivity contribution < 1.29 is 28.3 Å². The highest BCUT2D eigenvalue weighted by Gasteiger charge is 2.27. The minimum absolute atomic E-state index is 0.144. The third-order valence-electron chi connectivity index (χ3n) is 4.41. The summed E-state index contributed by atoms with van der Waals surface area (Å²) < 4.78 is 15.9. The van der Waals surface area contributed by atoms with Gasteiger partial charge in [-0.1, -0.05) is 30.3 Å². The fourth-order valence-corrected chi connectivity index (χ4v) is 4.04. The summed E-state index contributed by atoms with van der Waals surface area (Å²) in [7, 11) is 0. The van der Waals surface area contributed by atoms with E-state index in [0.717, 1.165) is 16.9 Å². The van der Waals surface area contributed by atoms with Crippen LogP contribution in [0.3, 0.4) is 0 Å². The van der Waals surface area contributed by atoms with Crippen molar-refractivity contribution in [1.29, 1.82) is 0 Å². The van der Waals surface area contributed by atoms with Gasteiger partial charge in [-0.2, -0.15) is 0 Å². The standard InChI is InChI=1S/C24H23NO6S/c1-4-29-23(27)20-15(3)21(24(28)30-5-2)32-22(20)25-19(26)14-12-17-11-13-18(31-17)16-9-7-6-8-10-16/h6-14H,4-5H2,1-3H3,(H,25,26)/b14-12+. The van der Waals surface area contributed by atoms with Gasteiger partial charge in [0.1, 0.15) is 21.4 Å². The summed E-state index contributed by atoms with van der Waals surface area (Å²) in [5.41, 5.74) is 1.48. The number of furan rings is 1. The Labute approximate surface area is 189 Å². The van der Waals surface area contributed by atoms with Gasteiger partial charge < -0.3 is 19.2 Å². The van der Waals surface area contributed by atoms with Gasteiger partial charge in [0.05, 0.1) is 18.8 Å². The number of carbonyl (C=O) groups is 3. The third kappa shape index (κ3) is 5.33. The molecule has 0 fully saturated rings. The van der Waals surface area contributed by atoms with Crippen LogP contribution in [0.5, 0.6) is 0 Å². The molecule has 2 aromatic heterocycles. The second-order valence-electron chi connectivity index (χ2n) is 6.59. The van der Waals surface area contributed by atoms with Gasteiger partial charge in [-0.3, -0.25) is 4.79 Å². The van der Waals surface area contributed by atoms with Gasteiger partial charge in [0.25, 0.3) is 0 Å². The lowest BCUT2D eigenvalue weighted by Crippen LogP contribution is -2.12. The van der Waals surface area contributed by atoms with E-state index in [2.05, 4.69) is 5.32 Å². The molecule has 0 saturated heterocycles. The summed E-state index contributed by atoms with van der Waals surface area (Å²) in [6.07, 6.45) is 2.82. The van der Waals surface area contributed by atoms with Gasteiger partial charge in [0.2, 0.25) is 5.91 Å². The molecule has 1 amide bonds. The molecule has 8 heteroatoms. The molecule has 1 N–H and O–H groups in total. The molecule has 0 radical (unpaired) electrons. The Hall–Kier alpha value is -3.65. The lowest BCUT2D eigenvalue weighted by atomic mass is 10.1. The minimum atomic E-state index is -0.616. The second-order valence-corrected chi connectivity index (χ2v) is 7.61. The lowest BCUT2D eigenvalue weighted by molar-refractivity contribution is -0.111. The molecule has 32 heavy (non-hydrogen) atoms. The maximum Gasteiger partial charge on any atom is 0.348 e. The second kappa shape index (κ2) is 10.6. The van der Waals surface area contributed by atoms with E-state index >= 15 is 0 Å². The smallest absolute Gasteiger partial charge is 0.348 e. The van der Waals surface area contributed by atoms with Crippen LogP contribution in [-0.2, 0) is 14.3 Å². The molecule has 0 bridgehead atoms. The Morgan fingerprint density at radius 1 is 1.00 bits per heavy atom. The Kier molecular flexibility index (Phi) is 7.62. The van der Waals surface area contributed by atoms with Crippen LogP contribution in [0.25, 0.3) is 17.4 Å². The summed E-state index contributed by atoms with van der Waals surface area (Å²) in [5, 5.41) is 2.88. The Morgan fingerprint density at radius 3 is 2.38 bits per heavy atom. The molecular weight excluding hydrogens is 430 g/mol. The van der Waals surface area contributed by atoms with Gasteiger partial charge in [-0.15, -0.1) is 11.3 Å². The van der Waals surface area contributed by atoms with Crippen molar-refractivity contribution in [3.63, 3.8) is 0 Å². The number of rotatable bonds is 8. The van der Waals surface area contributed by atoms with E-state index in [1.54, 1.807) is 26.8 Å². The number of anilines is 1. The fraction of sp³-hybridized carbons (Fsp3) is 0.208. The topological polar surface area (TPSA) is 94.8 Å². The number of hydrogen-bond donors (Lipinski definition) is 1. The molecular formula is C24H23NO6S. The molecule has 0 aliphatic rings. The molecule has 1 aromatic carbocycles. The molecule has 166 valence electrons. The van der Waals surface area contributed by atoms with Crippen molar-refractivity contribution in [3.05, 3.63) is 70.3 Å². The van der Waals surface area contributed by atoms with Crippen molar-refractivity contribution in [3.8, 4) is 11.3 Å². The van der Waals surface area contributed by atoms with Crippen LogP contribution in [-0.4, -0.2) is 31.1 Å². The van der Waals surface area contributed by atoms with Gasteiger partial charge in [0, 0.05) is 11.6 Å². The Bertz CT molecular complexity index is 1140. The van der Waals surface area contributed by atoms with E-state index in [1.165, 1.54) is 12.2 Å². The summed E-state index contributed by atoms with van der Waals surface area (Å²) in [6, 6.07) is 13.2. The minimum Gasteiger partial charge on any atom is -0.462 e. The maximum absolute atomic E-state index is 12.5. The van der Waals surface area contributed by atoms with Gasteiger partial charge >= 0.3 is 11.9 Å². The van der Waals surface area contributed by atoms with Crippen LogP contribution in [0.4, 0.5) is 5.00 Å². The maximum atomic E-state index is 12.5. The van der Waals surface area contributed by atoms with Gasteiger partial charge in [-0.05, 0) is 44.5 Å². The average Bonchev–Trinajstić information content (AvgIpc) is 3.38. The van der Waals surface area contributed by atoms with Gasteiger partial charge in [-0.25, -0.2) is 9.59 Å². The molecule has 3 rings (SSSR count). The molecule has 3 aromatic rings. The summed E-state index contributed by atoms with van der Waals surface area (Å²) >= 11 is 0.975. The predicted octanol–water partition coefficient (Wildman–Crippen LogP) is 5.32. The summed E-state index contributed by atoms with van der Waals surface area (Å²) in [4.78, 5) is 37.4.